The summed E-state index contributed by atoms with van der Waals surface area (Å²) in [4.78, 5) is 4.77. The van der Waals surface area contributed by atoms with Gasteiger partial charge in [-0.25, -0.2) is 4.39 Å². The minimum Gasteiger partial charge on any atom is -0.368 e. The normalized spacial score (nSPS) is 21.3. The lowest BCUT2D eigenvalue weighted by atomic mass is 10.1. The van der Waals surface area contributed by atoms with E-state index in [-0.39, 0.29) is 5.82 Å². The van der Waals surface area contributed by atoms with Crippen LogP contribution in [0.4, 0.5) is 10.1 Å². The molecule has 100 valence electrons. The zero-order valence-electron chi connectivity index (χ0n) is 11.0. The largest absolute Gasteiger partial charge is 0.368 e. The van der Waals surface area contributed by atoms with E-state index in [0.29, 0.717) is 11.9 Å². The summed E-state index contributed by atoms with van der Waals surface area (Å²) in [6, 6.07) is 5.43. The minimum atomic E-state index is -0.213. The Hall–Kier alpha value is -0.800. The van der Waals surface area contributed by atoms with Crippen molar-refractivity contribution in [1.82, 2.24) is 4.90 Å². The second kappa shape index (κ2) is 5.89. The van der Waals surface area contributed by atoms with Gasteiger partial charge in [0.25, 0.3) is 0 Å². The Morgan fingerprint density at radius 2 is 2.17 bits per heavy atom. The number of likely N-dealkylation sites (N-methyl/N-ethyl adjacent to an activating group) is 1. The number of alkyl halides is 1. The van der Waals surface area contributed by atoms with Gasteiger partial charge in [-0.15, -0.1) is 11.6 Å². The van der Waals surface area contributed by atoms with Crippen LogP contribution in [0.15, 0.2) is 18.2 Å². The molecule has 1 fully saturated rings. The number of hydrogen-bond acceptors (Lipinski definition) is 2. The zero-order chi connectivity index (χ0) is 13.1. The van der Waals surface area contributed by atoms with Gasteiger partial charge in [-0.05, 0) is 37.2 Å². The first-order valence-electron chi connectivity index (χ1n) is 6.49. The van der Waals surface area contributed by atoms with Gasteiger partial charge in [0.05, 0.1) is 0 Å². The summed E-state index contributed by atoms with van der Waals surface area (Å²) >= 11 is 5.91. The van der Waals surface area contributed by atoms with E-state index in [0.717, 1.165) is 37.4 Å². The van der Waals surface area contributed by atoms with Crippen LogP contribution in [0.2, 0.25) is 0 Å². The van der Waals surface area contributed by atoms with Crippen LogP contribution in [0.25, 0.3) is 0 Å². The minimum absolute atomic E-state index is 0.213. The zero-order valence-corrected chi connectivity index (χ0v) is 11.8. The summed E-state index contributed by atoms with van der Waals surface area (Å²) in [5, 5.41) is 0. The maximum atomic E-state index is 13.2. The van der Waals surface area contributed by atoms with E-state index < -0.39 is 0 Å². The smallest absolute Gasteiger partial charge is 0.123 e. The predicted octanol–water partition coefficient (Wildman–Crippen LogP) is 3.09. The highest BCUT2D eigenvalue weighted by Gasteiger charge is 2.23. The molecule has 2 nitrogen and oxygen atoms in total. The average Bonchev–Trinajstić information content (AvgIpc) is 2.38. The fraction of sp³-hybridized carbons (Fsp3) is 0.571. The molecular weight excluding hydrogens is 251 g/mol. The van der Waals surface area contributed by atoms with Gasteiger partial charge < -0.3 is 4.90 Å². The monoisotopic (exact) mass is 270 g/mol. The second-order valence-electron chi connectivity index (χ2n) is 4.83. The van der Waals surface area contributed by atoms with Crippen LogP contribution < -0.4 is 4.90 Å². The van der Waals surface area contributed by atoms with Gasteiger partial charge in [0, 0.05) is 37.2 Å². The molecule has 0 spiro atoms. The maximum absolute atomic E-state index is 13.2. The van der Waals surface area contributed by atoms with Crippen molar-refractivity contribution in [1.29, 1.82) is 0 Å². The molecule has 1 aromatic carbocycles. The molecule has 4 heteroatoms. The van der Waals surface area contributed by atoms with E-state index in [1.54, 1.807) is 6.07 Å². The third-order valence-electron chi connectivity index (χ3n) is 3.70. The molecule has 1 aromatic rings. The fourth-order valence-corrected chi connectivity index (χ4v) is 2.87. The molecule has 2 rings (SSSR count). The van der Waals surface area contributed by atoms with Gasteiger partial charge in [0.2, 0.25) is 0 Å². The van der Waals surface area contributed by atoms with Crippen molar-refractivity contribution >= 4 is 17.3 Å². The average molecular weight is 271 g/mol. The van der Waals surface area contributed by atoms with Crippen molar-refractivity contribution in [2.75, 3.05) is 31.1 Å². The molecule has 0 N–H and O–H groups in total. The number of rotatable bonds is 3. The quantitative estimate of drug-likeness (QED) is 0.779. The molecule has 1 saturated heterocycles. The number of piperazine rings is 1. The SMILES string of the molecule is CCN1CCN(c2ccc(F)cc2CCl)CC1C. The molecule has 0 radical (unpaired) electrons. The van der Waals surface area contributed by atoms with Gasteiger partial charge in [0.1, 0.15) is 5.82 Å². The Balaban J connectivity index is 2.17. The third-order valence-corrected chi connectivity index (χ3v) is 3.99. The van der Waals surface area contributed by atoms with Gasteiger partial charge in [-0.2, -0.15) is 0 Å². The topological polar surface area (TPSA) is 6.48 Å². The van der Waals surface area contributed by atoms with Gasteiger partial charge in [0.15, 0.2) is 0 Å². The number of halogens is 2. The Labute approximate surface area is 113 Å². The molecule has 18 heavy (non-hydrogen) atoms. The molecular formula is C14H20ClFN2. The summed E-state index contributed by atoms with van der Waals surface area (Å²) in [5.74, 6) is 0.143. The van der Waals surface area contributed by atoms with Crippen LogP contribution >= 0.6 is 11.6 Å². The molecule has 0 bridgehead atoms. The lowest BCUT2D eigenvalue weighted by Gasteiger charge is -2.41. The number of benzene rings is 1. The summed E-state index contributed by atoms with van der Waals surface area (Å²) in [5.41, 5.74) is 1.96. The standard InChI is InChI=1S/C14H20ClFN2/c1-3-17-6-7-18(10-11(17)2)14-5-4-13(16)8-12(14)9-15/h4-5,8,11H,3,6-7,9-10H2,1-2H3. The molecule has 0 amide bonds. The first kappa shape index (κ1) is 13.6. The van der Waals surface area contributed by atoms with E-state index >= 15 is 0 Å². The van der Waals surface area contributed by atoms with Crippen LogP contribution in [0.5, 0.6) is 0 Å². The van der Waals surface area contributed by atoms with Crippen molar-refractivity contribution in [2.24, 2.45) is 0 Å². The Morgan fingerprint density at radius 1 is 1.39 bits per heavy atom. The first-order valence-corrected chi connectivity index (χ1v) is 7.02. The Bertz CT molecular complexity index is 411. The number of hydrogen-bond donors (Lipinski definition) is 0. The second-order valence-corrected chi connectivity index (χ2v) is 5.10. The van der Waals surface area contributed by atoms with Crippen molar-refractivity contribution < 1.29 is 4.39 Å². The van der Waals surface area contributed by atoms with Crippen molar-refractivity contribution in [3.05, 3.63) is 29.6 Å². The van der Waals surface area contributed by atoms with E-state index in [9.17, 15) is 4.39 Å². The van der Waals surface area contributed by atoms with E-state index in [1.165, 1.54) is 6.07 Å². The summed E-state index contributed by atoms with van der Waals surface area (Å²) in [6.45, 7) is 8.52. The van der Waals surface area contributed by atoms with Gasteiger partial charge in [-0.1, -0.05) is 6.92 Å². The summed E-state index contributed by atoms with van der Waals surface area (Å²) in [7, 11) is 0. The first-order chi connectivity index (χ1) is 8.65. The van der Waals surface area contributed by atoms with Crippen molar-refractivity contribution in [2.45, 2.75) is 25.8 Å². The highest BCUT2D eigenvalue weighted by atomic mass is 35.5. The van der Waals surface area contributed by atoms with Crippen molar-refractivity contribution in [3.8, 4) is 0 Å². The van der Waals surface area contributed by atoms with Crippen molar-refractivity contribution in [3.63, 3.8) is 0 Å². The molecule has 1 aliphatic heterocycles. The van der Waals surface area contributed by atoms with Crippen LogP contribution in [0.1, 0.15) is 19.4 Å². The highest BCUT2D eigenvalue weighted by Crippen LogP contribution is 2.25. The lowest BCUT2D eigenvalue weighted by molar-refractivity contribution is 0.199. The number of nitrogens with zero attached hydrogens (tertiary/aromatic N) is 2. The Morgan fingerprint density at radius 3 is 2.78 bits per heavy atom. The van der Waals surface area contributed by atoms with Gasteiger partial charge in [-0.3, -0.25) is 4.90 Å². The molecule has 0 aromatic heterocycles. The van der Waals surface area contributed by atoms with E-state index in [1.807, 2.05) is 6.07 Å². The molecule has 1 aliphatic rings. The summed E-state index contributed by atoms with van der Waals surface area (Å²) < 4.78 is 13.2. The van der Waals surface area contributed by atoms with Crippen LogP contribution in [0, 0.1) is 5.82 Å². The van der Waals surface area contributed by atoms with Crippen LogP contribution in [0.3, 0.4) is 0 Å². The molecule has 1 atom stereocenters. The van der Waals surface area contributed by atoms with Gasteiger partial charge >= 0.3 is 0 Å². The number of anilines is 1. The Kier molecular flexibility index (Phi) is 4.46. The lowest BCUT2D eigenvalue weighted by Crippen LogP contribution is -2.51. The van der Waals surface area contributed by atoms with E-state index in [4.69, 9.17) is 11.6 Å². The molecule has 1 heterocycles. The molecule has 1 unspecified atom stereocenters. The van der Waals surface area contributed by atoms with Crippen LogP contribution in [-0.2, 0) is 5.88 Å². The maximum Gasteiger partial charge on any atom is 0.123 e. The van der Waals surface area contributed by atoms with Crippen LogP contribution in [-0.4, -0.2) is 37.1 Å². The summed E-state index contributed by atoms with van der Waals surface area (Å²) in [6.07, 6.45) is 0. The van der Waals surface area contributed by atoms with E-state index in [2.05, 4.69) is 23.6 Å². The fourth-order valence-electron chi connectivity index (χ4n) is 2.65. The third kappa shape index (κ3) is 2.78. The molecule has 0 saturated carbocycles. The predicted molar refractivity (Wildman–Crippen MR) is 74.9 cm³/mol. The molecule has 0 aliphatic carbocycles. The highest BCUT2D eigenvalue weighted by molar-refractivity contribution is 6.17.